The average molecular weight is 210 g/mol. The quantitative estimate of drug-likeness (QED) is 0.685. The average Bonchev–Trinajstić information content (AvgIpc) is 3.07. The van der Waals surface area contributed by atoms with Crippen molar-refractivity contribution in [1.29, 1.82) is 0 Å². The van der Waals surface area contributed by atoms with Crippen LogP contribution in [-0.2, 0) is 9.59 Å². The van der Waals surface area contributed by atoms with Gasteiger partial charge in [0.05, 0.1) is 6.54 Å². The maximum Gasteiger partial charge on any atom is 0.239 e. The molecule has 0 spiro atoms. The lowest BCUT2D eigenvalue weighted by Gasteiger charge is -2.05. The van der Waals surface area contributed by atoms with E-state index in [1.807, 2.05) is 0 Å². The van der Waals surface area contributed by atoms with E-state index in [-0.39, 0.29) is 24.3 Å². The highest BCUT2D eigenvalue weighted by Gasteiger charge is 2.38. The third-order valence-electron chi connectivity index (χ3n) is 3.15. The summed E-state index contributed by atoms with van der Waals surface area (Å²) in [5.41, 5.74) is 0. The Balaban J connectivity index is 1.55. The highest BCUT2D eigenvalue weighted by atomic mass is 16.2. The molecule has 0 unspecified atom stereocenters. The van der Waals surface area contributed by atoms with E-state index in [4.69, 9.17) is 0 Å². The van der Waals surface area contributed by atoms with Crippen LogP contribution in [0.25, 0.3) is 0 Å². The van der Waals surface area contributed by atoms with Gasteiger partial charge < -0.3 is 10.6 Å². The summed E-state index contributed by atoms with van der Waals surface area (Å²) in [7, 11) is 0. The largest absolute Gasteiger partial charge is 0.354 e. The molecule has 2 fully saturated rings. The summed E-state index contributed by atoms with van der Waals surface area (Å²) in [5.74, 6) is 1.31. The van der Waals surface area contributed by atoms with Crippen LogP contribution in [-0.4, -0.2) is 24.9 Å². The second kappa shape index (κ2) is 4.21. The van der Waals surface area contributed by atoms with E-state index >= 15 is 0 Å². The highest BCUT2D eigenvalue weighted by Crippen LogP contribution is 2.37. The lowest BCUT2D eigenvalue weighted by Crippen LogP contribution is -2.38. The molecule has 2 aliphatic carbocycles. The number of carbonyl (C=O) groups excluding carboxylic acids is 2. The van der Waals surface area contributed by atoms with Crippen LogP contribution < -0.4 is 10.6 Å². The van der Waals surface area contributed by atoms with E-state index in [1.165, 1.54) is 12.8 Å². The fraction of sp³-hybridized carbons (Fsp3) is 0.818. The molecule has 2 N–H and O–H groups in total. The van der Waals surface area contributed by atoms with E-state index in [0.717, 1.165) is 13.0 Å². The molecule has 4 nitrogen and oxygen atoms in total. The van der Waals surface area contributed by atoms with Crippen LogP contribution in [0, 0.1) is 17.8 Å². The molecule has 2 saturated carbocycles. The number of carbonyl (C=O) groups is 2. The SMILES string of the molecule is C[C@H]1C[C@@H]1C(=O)NCC(=O)NCC1CC1. The van der Waals surface area contributed by atoms with Gasteiger partial charge >= 0.3 is 0 Å². The minimum atomic E-state index is -0.0662. The van der Waals surface area contributed by atoms with Gasteiger partial charge in [0, 0.05) is 12.5 Å². The molecular weight excluding hydrogens is 192 g/mol. The van der Waals surface area contributed by atoms with Crippen LogP contribution in [0.4, 0.5) is 0 Å². The minimum Gasteiger partial charge on any atom is -0.354 e. The molecule has 0 bridgehead atoms. The van der Waals surface area contributed by atoms with Crippen molar-refractivity contribution < 1.29 is 9.59 Å². The summed E-state index contributed by atoms with van der Waals surface area (Å²) in [6, 6.07) is 0. The molecule has 0 aromatic heterocycles. The van der Waals surface area contributed by atoms with Gasteiger partial charge in [-0.25, -0.2) is 0 Å². The Morgan fingerprint density at radius 2 is 1.93 bits per heavy atom. The topological polar surface area (TPSA) is 58.2 Å². The Morgan fingerprint density at radius 3 is 2.47 bits per heavy atom. The molecular formula is C11H18N2O2. The summed E-state index contributed by atoms with van der Waals surface area (Å²) in [6.07, 6.45) is 3.42. The highest BCUT2D eigenvalue weighted by molar-refractivity contribution is 5.87. The summed E-state index contributed by atoms with van der Waals surface area (Å²) < 4.78 is 0. The first-order chi connectivity index (χ1) is 7.16. The molecule has 2 atom stereocenters. The summed E-state index contributed by atoms with van der Waals surface area (Å²) in [6.45, 7) is 2.96. The van der Waals surface area contributed by atoms with Crippen molar-refractivity contribution in [2.24, 2.45) is 17.8 Å². The second-order valence-electron chi connectivity index (χ2n) is 4.78. The standard InChI is InChI=1S/C11H18N2O2/c1-7-4-9(7)11(15)13-6-10(14)12-5-8-2-3-8/h7-9H,2-6H2,1H3,(H,12,14)(H,13,15)/t7-,9-/m0/s1. The van der Waals surface area contributed by atoms with E-state index in [2.05, 4.69) is 17.6 Å². The number of rotatable bonds is 5. The van der Waals surface area contributed by atoms with Gasteiger partial charge in [-0.15, -0.1) is 0 Å². The van der Waals surface area contributed by atoms with Gasteiger partial charge in [-0.1, -0.05) is 6.92 Å². The Labute approximate surface area is 89.8 Å². The van der Waals surface area contributed by atoms with Crippen LogP contribution in [0.1, 0.15) is 26.2 Å². The smallest absolute Gasteiger partial charge is 0.239 e. The predicted molar refractivity (Wildman–Crippen MR) is 56.0 cm³/mol. The van der Waals surface area contributed by atoms with Crippen LogP contribution in [0.15, 0.2) is 0 Å². The van der Waals surface area contributed by atoms with Crippen molar-refractivity contribution in [3.8, 4) is 0 Å². The maximum atomic E-state index is 11.4. The van der Waals surface area contributed by atoms with Gasteiger partial charge in [-0.2, -0.15) is 0 Å². The van der Waals surface area contributed by atoms with E-state index in [1.54, 1.807) is 0 Å². The third-order valence-corrected chi connectivity index (χ3v) is 3.15. The van der Waals surface area contributed by atoms with Gasteiger partial charge in [0.15, 0.2) is 0 Å². The van der Waals surface area contributed by atoms with Gasteiger partial charge in [0.2, 0.25) is 11.8 Å². The molecule has 84 valence electrons. The zero-order chi connectivity index (χ0) is 10.8. The Hall–Kier alpha value is -1.06. The molecule has 0 aromatic carbocycles. The van der Waals surface area contributed by atoms with Crippen molar-refractivity contribution in [3.05, 3.63) is 0 Å². The second-order valence-corrected chi connectivity index (χ2v) is 4.78. The summed E-state index contributed by atoms with van der Waals surface area (Å²) in [4.78, 5) is 22.7. The summed E-state index contributed by atoms with van der Waals surface area (Å²) >= 11 is 0. The van der Waals surface area contributed by atoms with Crippen LogP contribution >= 0.6 is 0 Å². The minimum absolute atomic E-state index is 0.0315. The lowest BCUT2D eigenvalue weighted by atomic mass is 10.3. The molecule has 0 heterocycles. The van der Waals surface area contributed by atoms with Crippen molar-refractivity contribution in [1.82, 2.24) is 10.6 Å². The first kappa shape index (κ1) is 10.5. The normalized spacial score (nSPS) is 28.3. The molecule has 0 saturated heterocycles. The Kier molecular flexibility index (Phi) is 2.93. The van der Waals surface area contributed by atoms with E-state index < -0.39 is 0 Å². The number of nitrogens with one attached hydrogen (secondary N) is 2. The molecule has 0 aromatic rings. The molecule has 2 amide bonds. The van der Waals surface area contributed by atoms with Crippen LogP contribution in [0.3, 0.4) is 0 Å². The molecule has 0 aliphatic heterocycles. The van der Waals surface area contributed by atoms with Crippen LogP contribution in [0.2, 0.25) is 0 Å². The Morgan fingerprint density at radius 1 is 1.27 bits per heavy atom. The van der Waals surface area contributed by atoms with E-state index in [9.17, 15) is 9.59 Å². The summed E-state index contributed by atoms with van der Waals surface area (Å²) in [5, 5.41) is 5.48. The lowest BCUT2D eigenvalue weighted by molar-refractivity contribution is -0.127. The molecule has 0 radical (unpaired) electrons. The zero-order valence-corrected chi connectivity index (χ0v) is 9.08. The van der Waals surface area contributed by atoms with Gasteiger partial charge in [-0.05, 0) is 31.1 Å². The van der Waals surface area contributed by atoms with Crippen LogP contribution in [0.5, 0.6) is 0 Å². The first-order valence-electron chi connectivity index (χ1n) is 5.71. The predicted octanol–water partition coefficient (Wildman–Crippen LogP) is 0.285. The number of amides is 2. The fourth-order valence-corrected chi connectivity index (χ4v) is 1.63. The van der Waals surface area contributed by atoms with Gasteiger partial charge in [0.1, 0.15) is 0 Å². The molecule has 2 aliphatic rings. The van der Waals surface area contributed by atoms with Crippen molar-refractivity contribution in [2.75, 3.05) is 13.1 Å². The maximum absolute atomic E-state index is 11.4. The van der Waals surface area contributed by atoms with Crippen molar-refractivity contribution >= 4 is 11.8 Å². The van der Waals surface area contributed by atoms with Crippen molar-refractivity contribution in [2.45, 2.75) is 26.2 Å². The fourth-order valence-electron chi connectivity index (χ4n) is 1.63. The monoisotopic (exact) mass is 210 g/mol. The Bertz CT molecular complexity index is 274. The molecule has 2 rings (SSSR count). The third kappa shape index (κ3) is 3.22. The molecule has 4 heteroatoms. The van der Waals surface area contributed by atoms with Gasteiger partial charge in [-0.3, -0.25) is 9.59 Å². The molecule has 15 heavy (non-hydrogen) atoms. The number of hydrogen-bond donors (Lipinski definition) is 2. The van der Waals surface area contributed by atoms with Gasteiger partial charge in [0.25, 0.3) is 0 Å². The zero-order valence-electron chi connectivity index (χ0n) is 9.08. The number of hydrogen-bond acceptors (Lipinski definition) is 2. The van der Waals surface area contributed by atoms with Crippen molar-refractivity contribution in [3.63, 3.8) is 0 Å². The van der Waals surface area contributed by atoms with E-state index in [0.29, 0.717) is 11.8 Å². The first-order valence-corrected chi connectivity index (χ1v) is 5.71.